The van der Waals surface area contributed by atoms with Crippen molar-refractivity contribution >= 4 is 18.3 Å². The molecule has 2 unspecified atom stereocenters. The Hall–Kier alpha value is -0.490. The molecule has 1 aliphatic carbocycles. The highest BCUT2D eigenvalue weighted by atomic mass is 35.5. The molecule has 114 valence electrons. The molecule has 0 aromatic rings. The van der Waals surface area contributed by atoms with Gasteiger partial charge in [0.25, 0.3) is 0 Å². The quantitative estimate of drug-likeness (QED) is 0.842. The second-order valence-electron chi connectivity index (χ2n) is 5.38. The number of nitrogens with one attached hydrogen (secondary N) is 1. The summed E-state index contributed by atoms with van der Waals surface area (Å²) in [5.74, 6) is -1.67. The number of hydrogen-bond acceptors (Lipinski definition) is 2. The van der Waals surface area contributed by atoms with Crippen molar-refractivity contribution in [3.63, 3.8) is 0 Å². The molecular formula is C12H22ClF3N2O. The molecule has 19 heavy (non-hydrogen) atoms. The van der Waals surface area contributed by atoms with Gasteiger partial charge in [0.2, 0.25) is 5.91 Å². The number of hydrogen-bond donors (Lipinski definition) is 2. The molecule has 0 saturated heterocycles. The van der Waals surface area contributed by atoms with Crippen molar-refractivity contribution in [1.29, 1.82) is 0 Å². The summed E-state index contributed by atoms with van der Waals surface area (Å²) in [6, 6.07) is -1.06. The maximum atomic E-state index is 12.6. The van der Waals surface area contributed by atoms with E-state index in [1.54, 1.807) is 0 Å². The molecule has 1 saturated carbocycles. The van der Waals surface area contributed by atoms with Crippen LogP contribution >= 0.6 is 12.4 Å². The van der Waals surface area contributed by atoms with Gasteiger partial charge in [0.15, 0.2) is 0 Å². The van der Waals surface area contributed by atoms with Gasteiger partial charge in [-0.25, -0.2) is 0 Å². The molecule has 0 spiro atoms. The van der Waals surface area contributed by atoms with Crippen LogP contribution in [0.3, 0.4) is 0 Å². The second-order valence-corrected chi connectivity index (χ2v) is 5.38. The minimum absolute atomic E-state index is 0. The monoisotopic (exact) mass is 302 g/mol. The summed E-state index contributed by atoms with van der Waals surface area (Å²) in [6.45, 7) is 3.62. The zero-order valence-electron chi connectivity index (χ0n) is 11.2. The van der Waals surface area contributed by atoms with Crippen LogP contribution in [0.1, 0.15) is 39.5 Å². The predicted octanol–water partition coefficient (Wildman–Crippen LogP) is 2.63. The first-order valence-corrected chi connectivity index (χ1v) is 6.34. The molecule has 0 aromatic carbocycles. The van der Waals surface area contributed by atoms with Gasteiger partial charge in [0.05, 0.1) is 12.0 Å². The van der Waals surface area contributed by atoms with Crippen LogP contribution in [0.5, 0.6) is 0 Å². The Morgan fingerprint density at radius 3 is 2.37 bits per heavy atom. The SMILES string of the molecule is CC(C)[C@@H](N)C(=O)NC1CCCC(C(F)(F)F)C1.Cl. The van der Waals surface area contributed by atoms with E-state index in [1.165, 1.54) is 0 Å². The van der Waals surface area contributed by atoms with Crippen LogP contribution in [0.4, 0.5) is 13.2 Å². The molecule has 1 rings (SSSR count). The topological polar surface area (TPSA) is 55.1 Å². The normalized spacial score (nSPS) is 25.6. The number of alkyl halides is 3. The first-order valence-electron chi connectivity index (χ1n) is 6.34. The maximum absolute atomic E-state index is 12.6. The van der Waals surface area contributed by atoms with Crippen molar-refractivity contribution < 1.29 is 18.0 Å². The van der Waals surface area contributed by atoms with Gasteiger partial charge in [-0.3, -0.25) is 4.79 Å². The molecule has 0 heterocycles. The summed E-state index contributed by atoms with van der Waals surface area (Å²) in [7, 11) is 0. The Balaban J connectivity index is 0.00000324. The van der Waals surface area contributed by atoms with E-state index in [0.717, 1.165) is 0 Å². The third-order valence-corrected chi connectivity index (χ3v) is 3.50. The molecular weight excluding hydrogens is 281 g/mol. The smallest absolute Gasteiger partial charge is 0.352 e. The predicted molar refractivity (Wildman–Crippen MR) is 70.0 cm³/mol. The van der Waals surface area contributed by atoms with Crippen molar-refractivity contribution in [3.8, 4) is 0 Å². The minimum atomic E-state index is -4.16. The van der Waals surface area contributed by atoms with Crippen LogP contribution in [0.25, 0.3) is 0 Å². The standard InChI is InChI=1S/C12H21F3N2O.ClH/c1-7(2)10(16)11(18)17-9-5-3-4-8(6-9)12(13,14)15;/h7-10H,3-6,16H2,1-2H3,(H,17,18);1H/t8?,9?,10-;/m1./s1. The summed E-state index contributed by atoms with van der Waals surface area (Å²) in [6.07, 6.45) is -2.94. The number of carbonyl (C=O) groups excluding carboxylic acids is 1. The van der Waals surface area contributed by atoms with Crippen LogP contribution in [0.2, 0.25) is 0 Å². The average Bonchev–Trinajstić information content (AvgIpc) is 2.27. The Kier molecular flexibility index (Phi) is 7.15. The van der Waals surface area contributed by atoms with Gasteiger partial charge in [-0.05, 0) is 25.2 Å². The van der Waals surface area contributed by atoms with E-state index in [0.29, 0.717) is 12.8 Å². The lowest BCUT2D eigenvalue weighted by molar-refractivity contribution is -0.184. The fourth-order valence-electron chi connectivity index (χ4n) is 2.22. The first-order chi connectivity index (χ1) is 8.21. The van der Waals surface area contributed by atoms with E-state index in [-0.39, 0.29) is 37.1 Å². The minimum Gasteiger partial charge on any atom is -0.352 e. The van der Waals surface area contributed by atoms with Gasteiger partial charge in [-0.15, -0.1) is 12.4 Å². The van der Waals surface area contributed by atoms with Gasteiger partial charge in [0, 0.05) is 6.04 Å². The number of nitrogens with two attached hydrogens (primary N) is 1. The fraction of sp³-hybridized carbons (Fsp3) is 0.917. The van der Waals surface area contributed by atoms with Crippen LogP contribution in [-0.2, 0) is 4.79 Å². The fourth-order valence-corrected chi connectivity index (χ4v) is 2.22. The number of carbonyl (C=O) groups is 1. The summed E-state index contributed by atoms with van der Waals surface area (Å²) in [4.78, 5) is 11.7. The molecule has 0 aromatic heterocycles. The van der Waals surface area contributed by atoms with Crippen LogP contribution in [0.15, 0.2) is 0 Å². The van der Waals surface area contributed by atoms with Crippen molar-refractivity contribution in [2.24, 2.45) is 17.6 Å². The Labute approximate surface area is 117 Å². The van der Waals surface area contributed by atoms with E-state index in [9.17, 15) is 18.0 Å². The maximum Gasteiger partial charge on any atom is 0.391 e. The molecule has 0 radical (unpaired) electrons. The highest BCUT2D eigenvalue weighted by molar-refractivity contribution is 5.85. The summed E-state index contributed by atoms with van der Waals surface area (Å²) < 4.78 is 37.8. The van der Waals surface area contributed by atoms with Crippen LogP contribution in [-0.4, -0.2) is 24.2 Å². The lowest BCUT2D eigenvalue weighted by atomic mass is 9.85. The summed E-state index contributed by atoms with van der Waals surface area (Å²) >= 11 is 0. The van der Waals surface area contributed by atoms with Gasteiger partial charge < -0.3 is 11.1 Å². The van der Waals surface area contributed by atoms with E-state index < -0.39 is 24.2 Å². The van der Waals surface area contributed by atoms with Crippen molar-refractivity contribution in [2.75, 3.05) is 0 Å². The summed E-state index contributed by atoms with van der Waals surface area (Å²) in [5, 5.41) is 2.64. The van der Waals surface area contributed by atoms with E-state index >= 15 is 0 Å². The Bertz CT molecular complexity index is 297. The second kappa shape index (κ2) is 7.33. The molecule has 0 aliphatic heterocycles. The third kappa shape index (κ3) is 5.57. The van der Waals surface area contributed by atoms with Crippen molar-refractivity contribution in [2.45, 2.75) is 57.8 Å². The van der Waals surface area contributed by atoms with Crippen molar-refractivity contribution in [3.05, 3.63) is 0 Å². The Morgan fingerprint density at radius 2 is 1.89 bits per heavy atom. The number of amides is 1. The molecule has 1 fully saturated rings. The van der Waals surface area contributed by atoms with Gasteiger partial charge in [0.1, 0.15) is 0 Å². The first kappa shape index (κ1) is 18.5. The molecule has 1 amide bonds. The average molecular weight is 303 g/mol. The lowest BCUT2D eigenvalue weighted by Gasteiger charge is -2.31. The molecule has 0 bridgehead atoms. The van der Waals surface area contributed by atoms with Crippen molar-refractivity contribution in [1.82, 2.24) is 5.32 Å². The van der Waals surface area contributed by atoms with E-state index in [1.807, 2.05) is 13.8 Å². The molecule has 3 N–H and O–H groups in total. The van der Waals surface area contributed by atoms with Gasteiger partial charge in [-0.2, -0.15) is 13.2 Å². The van der Waals surface area contributed by atoms with E-state index in [2.05, 4.69) is 5.32 Å². The Morgan fingerprint density at radius 1 is 1.32 bits per heavy atom. The highest BCUT2D eigenvalue weighted by Crippen LogP contribution is 2.37. The molecule has 3 nitrogen and oxygen atoms in total. The zero-order chi connectivity index (χ0) is 13.9. The van der Waals surface area contributed by atoms with Crippen LogP contribution in [0, 0.1) is 11.8 Å². The number of halogens is 4. The zero-order valence-corrected chi connectivity index (χ0v) is 12.0. The molecule has 7 heteroatoms. The van der Waals surface area contributed by atoms with Gasteiger partial charge >= 0.3 is 6.18 Å². The van der Waals surface area contributed by atoms with E-state index in [4.69, 9.17) is 5.73 Å². The number of rotatable bonds is 3. The van der Waals surface area contributed by atoms with Crippen LogP contribution < -0.4 is 11.1 Å². The van der Waals surface area contributed by atoms with Gasteiger partial charge in [-0.1, -0.05) is 20.3 Å². The lowest BCUT2D eigenvalue weighted by Crippen LogP contribution is -2.49. The largest absolute Gasteiger partial charge is 0.391 e. The third-order valence-electron chi connectivity index (χ3n) is 3.50. The molecule has 1 aliphatic rings. The molecule has 3 atom stereocenters. The summed E-state index contributed by atoms with van der Waals surface area (Å²) in [5.41, 5.74) is 5.66. The highest BCUT2D eigenvalue weighted by Gasteiger charge is 2.42.